The van der Waals surface area contributed by atoms with Crippen molar-refractivity contribution in [2.45, 2.75) is 26.4 Å². The van der Waals surface area contributed by atoms with Gasteiger partial charge in [-0.3, -0.25) is 9.48 Å². The van der Waals surface area contributed by atoms with Gasteiger partial charge >= 0.3 is 0 Å². The van der Waals surface area contributed by atoms with E-state index in [-0.39, 0.29) is 11.7 Å². The highest BCUT2D eigenvalue weighted by atomic mass is 19.1. The van der Waals surface area contributed by atoms with E-state index in [0.717, 1.165) is 29.6 Å². The highest BCUT2D eigenvalue weighted by Crippen LogP contribution is 2.18. The normalized spacial score (nSPS) is 10.9. The number of benzene rings is 2. The lowest BCUT2D eigenvalue weighted by Crippen LogP contribution is -2.23. The number of fused-ring (bicyclic) bond motifs is 1. The van der Waals surface area contributed by atoms with Crippen LogP contribution in [0.15, 0.2) is 48.5 Å². The van der Waals surface area contributed by atoms with Gasteiger partial charge in [0.2, 0.25) is 0 Å². The van der Waals surface area contributed by atoms with Crippen LogP contribution >= 0.6 is 0 Å². The number of carbonyl (C=O) groups is 1. The van der Waals surface area contributed by atoms with Gasteiger partial charge in [0.1, 0.15) is 5.82 Å². The number of nitrogens with zero attached hydrogens (tertiary/aromatic N) is 2. The molecule has 1 N–H and O–H groups in total. The van der Waals surface area contributed by atoms with Gasteiger partial charge in [0, 0.05) is 17.5 Å². The Bertz CT molecular complexity index is 824. The van der Waals surface area contributed by atoms with Crippen LogP contribution in [-0.2, 0) is 13.1 Å². The number of halogens is 1. The van der Waals surface area contributed by atoms with Crippen molar-refractivity contribution in [1.29, 1.82) is 0 Å². The first-order valence-corrected chi connectivity index (χ1v) is 7.67. The van der Waals surface area contributed by atoms with E-state index in [9.17, 15) is 9.18 Å². The predicted molar refractivity (Wildman–Crippen MR) is 87.6 cm³/mol. The summed E-state index contributed by atoms with van der Waals surface area (Å²) in [6.07, 6.45) is 0.993. The average molecular weight is 311 g/mol. The van der Waals surface area contributed by atoms with Gasteiger partial charge in [-0.15, -0.1) is 0 Å². The summed E-state index contributed by atoms with van der Waals surface area (Å²) in [6.45, 7) is 3.28. The van der Waals surface area contributed by atoms with Crippen molar-refractivity contribution in [3.05, 3.63) is 65.6 Å². The Morgan fingerprint density at radius 3 is 2.65 bits per heavy atom. The highest BCUT2D eigenvalue weighted by Gasteiger charge is 2.11. The van der Waals surface area contributed by atoms with Crippen LogP contribution in [0.1, 0.15) is 29.4 Å². The summed E-state index contributed by atoms with van der Waals surface area (Å²) < 4.78 is 14.9. The van der Waals surface area contributed by atoms with Crippen LogP contribution in [0, 0.1) is 5.82 Å². The fourth-order valence-corrected chi connectivity index (χ4v) is 2.58. The van der Waals surface area contributed by atoms with E-state index in [2.05, 4.69) is 17.3 Å². The third-order valence-corrected chi connectivity index (χ3v) is 3.69. The predicted octanol–water partition coefficient (Wildman–Crippen LogP) is 3.52. The summed E-state index contributed by atoms with van der Waals surface area (Å²) >= 11 is 0. The third kappa shape index (κ3) is 3.23. The second kappa shape index (κ2) is 6.60. The fraction of sp³-hybridized carbons (Fsp3) is 0.222. The molecule has 3 rings (SSSR count). The first-order chi connectivity index (χ1) is 11.2. The van der Waals surface area contributed by atoms with Crippen molar-refractivity contribution in [2.24, 2.45) is 0 Å². The quantitative estimate of drug-likeness (QED) is 0.784. The summed E-state index contributed by atoms with van der Waals surface area (Å²) in [7, 11) is 0. The minimum absolute atomic E-state index is 0.237. The number of hydrogen-bond acceptors (Lipinski definition) is 2. The van der Waals surface area contributed by atoms with Gasteiger partial charge in [0.25, 0.3) is 5.91 Å². The largest absolute Gasteiger partial charge is 0.346 e. The maximum Gasteiger partial charge on any atom is 0.251 e. The fourth-order valence-electron chi connectivity index (χ4n) is 2.58. The minimum Gasteiger partial charge on any atom is -0.346 e. The molecule has 118 valence electrons. The smallest absolute Gasteiger partial charge is 0.251 e. The number of carbonyl (C=O) groups excluding carboxylic acids is 1. The summed E-state index contributed by atoms with van der Waals surface area (Å²) in [4.78, 5) is 12.1. The zero-order valence-electron chi connectivity index (χ0n) is 12.9. The summed E-state index contributed by atoms with van der Waals surface area (Å²) in [6, 6.07) is 13.5. The van der Waals surface area contributed by atoms with Crippen LogP contribution in [-0.4, -0.2) is 15.7 Å². The van der Waals surface area contributed by atoms with Gasteiger partial charge in [0.15, 0.2) is 0 Å². The van der Waals surface area contributed by atoms with Crippen molar-refractivity contribution in [2.75, 3.05) is 0 Å². The number of hydrogen-bond donors (Lipinski definition) is 1. The zero-order valence-corrected chi connectivity index (χ0v) is 12.9. The Balaban J connectivity index is 1.79. The SMILES string of the molecule is CCCn1nc(CNC(=O)c2ccc(F)cc2)c2ccccc21. The van der Waals surface area contributed by atoms with Crippen LogP contribution in [0.5, 0.6) is 0 Å². The van der Waals surface area contributed by atoms with Crippen molar-refractivity contribution < 1.29 is 9.18 Å². The summed E-state index contributed by atoms with van der Waals surface area (Å²) in [5.74, 6) is -0.593. The molecule has 0 radical (unpaired) electrons. The van der Waals surface area contributed by atoms with E-state index in [0.29, 0.717) is 12.1 Å². The number of aromatic nitrogens is 2. The standard InChI is InChI=1S/C18H18FN3O/c1-2-11-22-17-6-4-3-5-15(17)16(21-22)12-20-18(23)13-7-9-14(19)10-8-13/h3-10H,2,11-12H2,1H3,(H,20,23). The number of para-hydroxylation sites is 1. The van der Waals surface area contributed by atoms with Crippen molar-refractivity contribution >= 4 is 16.8 Å². The molecular formula is C18H18FN3O. The molecule has 1 heterocycles. The van der Waals surface area contributed by atoms with E-state index in [1.165, 1.54) is 24.3 Å². The number of amides is 1. The molecule has 0 aliphatic heterocycles. The Labute approximate surface area is 133 Å². The number of nitrogens with one attached hydrogen (secondary N) is 1. The first kappa shape index (κ1) is 15.2. The molecule has 4 nitrogen and oxygen atoms in total. The third-order valence-electron chi connectivity index (χ3n) is 3.69. The number of aryl methyl sites for hydroxylation is 1. The van der Waals surface area contributed by atoms with Crippen LogP contribution in [0.25, 0.3) is 10.9 Å². The van der Waals surface area contributed by atoms with E-state index in [4.69, 9.17) is 0 Å². The molecule has 1 amide bonds. The van der Waals surface area contributed by atoms with Gasteiger partial charge in [-0.2, -0.15) is 5.10 Å². The van der Waals surface area contributed by atoms with Crippen LogP contribution < -0.4 is 5.32 Å². The molecule has 0 atom stereocenters. The molecule has 2 aromatic carbocycles. The second-order valence-corrected chi connectivity index (χ2v) is 5.38. The van der Waals surface area contributed by atoms with Gasteiger partial charge in [-0.05, 0) is 36.8 Å². The molecule has 5 heteroatoms. The Morgan fingerprint density at radius 2 is 1.91 bits per heavy atom. The molecule has 0 fully saturated rings. The lowest BCUT2D eigenvalue weighted by Gasteiger charge is -2.03. The van der Waals surface area contributed by atoms with Gasteiger partial charge in [-0.1, -0.05) is 25.1 Å². The topological polar surface area (TPSA) is 46.9 Å². The molecule has 0 bridgehead atoms. The summed E-state index contributed by atoms with van der Waals surface area (Å²) in [5, 5.41) is 8.49. The molecule has 3 aromatic rings. The van der Waals surface area contributed by atoms with Gasteiger partial charge in [-0.25, -0.2) is 4.39 Å². The van der Waals surface area contributed by atoms with Crippen LogP contribution in [0.3, 0.4) is 0 Å². The molecule has 23 heavy (non-hydrogen) atoms. The molecule has 0 unspecified atom stereocenters. The first-order valence-electron chi connectivity index (χ1n) is 7.67. The van der Waals surface area contributed by atoms with Gasteiger partial charge < -0.3 is 5.32 Å². The Hall–Kier alpha value is -2.69. The van der Waals surface area contributed by atoms with Gasteiger partial charge in [0.05, 0.1) is 17.8 Å². The average Bonchev–Trinajstić information content (AvgIpc) is 2.92. The van der Waals surface area contributed by atoms with Crippen LogP contribution in [0.2, 0.25) is 0 Å². The second-order valence-electron chi connectivity index (χ2n) is 5.38. The zero-order chi connectivity index (χ0) is 16.2. The van der Waals surface area contributed by atoms with E-state index in [1.807, 2.05) is 28.9 Å². The maximum atomic E-state index is 12.9. The van der Waals surface area contributed by atoms with E-state index in [1.54, 1.807) is 0 Å². The molecule has 0 saturated heterocycles. The molecule has 0 aliphatic rings. The lowest BCUT2D eigenvalue weighted by atomic mass is 10.2. The maximum absolute atomic E-state index is 12.9. The van der Waals surface area contributed by atoms with Crippen molar-refractivity contribution in [1.82, 2.24) is 15.1 Å². The Morgan fingerprint density at radius 1 is 1.17 bits per heavy atom. The van der Waals surface area contributed by atoms with Crippen LogP contribution in [0.4, 0.5) is 4.39 Å². The molecule has 0 saturated carbocycles. The molecule has 1 aromatic heterocycles. The monoisotopic (exact) mass is 311 g/mol. The summed E-state index contributed by atoms with van der Waals surface area (Å²) in [5.41, 5.74) is 2.34. The number of rotatable bonds is 5. The molecule has 0 aliphatic carbocycles. The molecule has 0 spiro atoms. The minimum atomic E-state index is -0.356. The highest BCUT2D eigenvalue weighted by molar-refractivity contribution is 5.94. The molecular weight excluding hydrogens is 293 g/mol. The van der Waals surface area contributed by atoms with E-state index >= 15 is 0 Å². The lowest BCUT2D eigenvalue weighted by molar-refractivity contribution is 0.0950. The Kier molecular flexibility index (Phi) is 4.37. The van der Waals surface area contributed by atoms with Crippen molar-refractivity contribution in [3.63, 3.8) is 0 Å². The van der Waals surface area contributed by atoms with Crippen molar-refractivity contribution in [3.8, 4) is 0 Å². The van der Waals surface area contributed by atoms with E-state index < -0.39 is 0 Å².